The van der Waals surface area contributed by atoms with Gasteiger partial charge in [0, 0.05) is 5.56 Å². The van der Waals surface area contributed by atoms with Crippen LogP contribution in [0.1, 0.15) is 18.1 Å². The molecule has 0 bridgehead atoms. The number of alkyl halides is 3. The minimum atomic E-state index is -5.78. The lowest BCUT2D eigenvalue weighted by Crippen LogP contribution is -2.25. The van der Waals surface area contributed by atoms with Crippen LogP contribution in [0.4, 0.5) is 13.2 Å². The molecule has 2 aromatic rings. The smallest absolute Gasteiger partial charge is 0.482 e. The summed E-state index contributed by atoms with van der Waals surface area (Å²) in [5.41, 5.74) is -3.49. The zero-order chi connectivity index (χ0) is 21.9. The van der Waals surface area contributed by atoms with Crippen molar-refractivity contribution in [2.45, 2.75) is 18.9 Å². The van der Waals surface area contributed by atoms with Gasteiger partial charge in [0.15, 0.2) is 6.61 Å². The molecule has 0 saturated carbocycles. The highest BCUT2D eigenvalue weighted by atomic mass is 32.2. The molecule has 0 unspecified atom stereocenters. The molecule has 1 aliphatic carbocycles. The minimum Gasteiger partial charge on any atom is -0.482 e. The standard InChI is InChI=1S/C20H17F3O6S/c1-2-27-18(24)12-28-15-9-6-13(7-10-15)16-5-3-4-14-8-11-17(19(14)16)29-30(25,26)20(21,22)23/h3-7,9-11H,2,8,12H2,1H3. The van der Waals surface area contributed by atoms with Gasteiger partial charge in [-0.3, -0.25) is 0 Å². The van der Waals surface area contributed by atoms with Gasteiger partial charge in [-0.15, -0.1) is 0 Å². The van der Waals surface area contributed by atoms with Crippen LogP contribution in [0.2, 0.25) is 0 Å². The first-order valence-corrected chi connectivity index (χ1v) is 10.2. The molecule has 0 amide bonds. The number of rotatable bonds is 7. The fraction of sp³-hybridized carbons (Fsp3) is 0.250. The summed E-state index contributed by atoms with van der Waals surface area (Å²) in [5, 5.41) is 0. The van der Waals surface area contributed by atoms with Crippen LogP contribution < -0.4 is 4.74 Å². The number of carbonyl (C=O) groups excluding carboxylic acids is 1. The van der Waals surface area contributed by atoms with Gasteiger partial charge in [-0.25, -0.2) is 4.79 Å². The molecule has 30 heavy (non-hydrogen) atoms. The number of allylic oxidation sites excluding steroid dienone is 1. The molecule has 0 aliphatic heterocycles. The molecule has 0 fully saturated rings. The van der Waals surface area contributed by atoms with Crippen LogP contribution in [0.5, 0.6) is 5.75 Å². The van der Waals surface area contributed by atoms with E-state index in [2.05, 4.69) is 4.18 Å². The van der Waals surface area contributed by atoms with E-state index < -0.39 is 21.6 Å². The van der Waals surface area contributed by atoms with Crippen molar-refractivity contribution >= 4 is 21.8 Å². The SMILES string of the molecule is CCOC(=O)COc1ccc(-c2cccc3c2C(OS(=O)(=O)C(F)(F)F)=CC3)cc1. The van der Waals surface area contributed by atoms with Crippen LogP contribution in [0.25, 0.3) is 16.9 Å². The summed E-state index contributed by atoms with van der Waals surface area (Å²) in [4.78, 5) is 11.4. The van der Waals surface area contributed by atoms with Crippen LogP contribution in [0, 0.1) is 0 Å². The second-order valence-corrected chi connectivity index (χ2v) is 7.75. The predicted octanol–water partition coefficient (Wildman–Crippen LogP) is 4.06. The fourth-order valence-corrected chi connectivity index (χ4v) is 3.41. The summed E-state index contributed by atoms with van der Waals surface area (Å²) < 4.78 is 75.5. The number of benzene rings is 2. The number of esters is 1. The Balaban J connectivity index is 1.85. The lowest BCUT2D eigenvalue weighted by Gasteiger charge is -2.15. The van der Waals surface area contributed by atoms with Crippen LogP contribution >= 0.6 is 0 Å². The minimum absolute atomic E-state index is 0.238. The molecule has 3 rings (SSSR count). The predicted molar refractivity (Wildman–Crippen MR) is 102 cm³/mol. The van der Waals surface area contributed by atoms with E-state index in [-0.39, 0.29) is 31.0 Å². The Kier molecular flexibility index (Phi) is 6.06. The molecule has 0 heterocycles. The number of carbonyl (C=O) groups is 1. The average molecular weight is 442 g/mol. The number of halogens is 3. The van der Waals surface area contributed by atoms with Gasteiger partial charge in [-0.05, 0) is 48.2 Å². The van der Waals surface area contributed by atoms with Crippen molar-refractivity contribution in [3.8, 4) is 16.9 Å². The van der Waals surface area contributed by atoms with E-state index in [0.717, 1.165) is 0 Å². The van der Waals surface area contributed by atoms with Crippen molar-refractivity contribution in [2.24, 2.45) is 0 Å². The number of hydrogen-bond donors (Lipinski definition) is 0. The quantitative estimate of drug-likeness (QED) is 0.366. The molecular formula is C20H17F3O6S. The van der Waals surface area contributed by atoms with Crippen molar-refractivity contribution < 1.29 is 40.0 Å². The highest BCUT2D eigenvalue weighted by Gasteiger charge is 2.49. The van der Waals surface area contributed by atoms with Crippen LogP contribution in [0.15, 0.2) is 48.5 Å². The molecule has 0 radical (unpaired) electrons. The first kappa shape index (κ1) is 21.7. The number of hydrogen-bond acceptors (Lipinski definition) is 6. The second kappa shape index (κ2) is 8.39. The van der Waals surface area contributed by atoms with E-state index in [1.54, 1.807) is 49.4 Å². The van der Waals surface area contributed by atoms with E-state index in [4.69, 9.17) is 9.47 Å². The Morgan fingerprint density at radius 1 is 1.10 bits per heavy atom. The Bertz CT molecular complexity index is 1070. The third kappa shape index (κ3) is 4.59. The Labute approximate surface area is 171 Å². The van der Waals surface area contributed by atoms with Gasteiger partial charge in [-0.2, -0.15) is 21.6 Å². The van der Waals surface area contributed by atoms with Crippen molar-refractivity contribution in [2.75, 3.05) is 13.2 Å². The van der Waals surface area contributed by atoms with E-state index in [0.29, 0.717) is 22.4 Å². The lowest BCUT2D eigenvalue weighted by atomic mass is 9.96. The maximum Gasteiger partial charge on any atom is 0.534 e. The van der Waals surface area contributed by atoms with Gasteiger partial charge in [0.1, 0.15) is 11.5 Å². The summed E-state index contributed by atoms with van der Waals surface area (Å²) in [5.74, 6) is -0.480. The number of fused-ring (bicyclic) bond motifs is 1. The first-order chi connectivity index (χ1) is 14.1. The van der Waals surface area contributed by atoms with E-state index in [9.17, 15) is 26.4 Å². The molecule has 160 valence electrons. The third-order valence-electron chi connectivity index (χ3n) is 4.21. The summed E-state index contributed by atoms with van der Waals surface area (Å²) in [7, 11) is -5.78. The number of ether oxygens (including phenoxy) is 2. The van der Waals surface area contributed by atoms with Gasteiger partial charge in [0.25, 0.3) is 0 Å². The summed E-state index contributed by atoms with van der Waals surface area (Å²) in [6, 6.07) is 11.5. The lowest BCUT2D eigenvalue weighted by molar-refractivity contribution is -0.145. The van der Waals surface area contributed by atoms with Crippen molar-refractivity contribution in [3.05, 3.63) is 59.7 Å². The molecule has 2 aromatic carbocycles. The summed E-state index contributed by atoms with van der Waals surface area (Å²) >= 11 is 0. The highest BCUT2D eigenvalue weighted by Crippen LogP contribution is 2.40. The maximum absolute atomic E-state index is 12.7. The van der Waals surface area contributed by atoms with Crippen LogP contribution in [-0.2, 0) is 30.3 Å². The largest absolute Gasteiger partial charge is 0.534 e. The highest BCUT2D eigenvalue weighted by molar-refractivity contribution is 7.87. The molecule has 0 saturated heterocycles. The van der Waals surface area contributed by atoms with E-state index >= 15 is 0 Å². The molecule has 0 aromatic heterocycles. The monoisotopic (exact) mass is 442 g/mol. The average Bonchev–Trinajstić information content (AvgIpc) is 3.09. The maximum atomic E-state index is 12.7. The van der Waals surface area contributed by atoms with Gasteiger partial charge < -0.3 is 13.7 Å². The summed E-state index contributed by atoms with van der Waals surface area (Å²) in [6.07, 6.45) is 1.54. The van der Waals surface area contributed by atoms with Crippen molar-refractivity contribution in [1.29, 1.82) is 0 Å². The zero-order valence-corrected chi connectivity index (χ0v) is 16.5. The molecule has 10 heteroatoms. The van der Waals surface area contributed by atoms with E-state index in [1.165, 1.54) is 6.08 Å². The Morgan fingerprint density at radius 3 is 2.43 bits per heavy atom. The van der Waals surface area contributed by atoms with E-state index in [1.807, 2.05) is 0 Å². The van der Waals surface area contributed by atoms with Gasteiger partial charge >= 0.3 is 21.6 Å². The zero-order valence-electron chi connectivity index (χ0n) is 15.7. The molecule has 0 N–H and O–H groups in total. The normalized spacial score (nSPS) is 13.4. The van der Waals surface area contributed by atoms with Crippen molar-refractivity contribution in [3.63, 3.8) is 0 Å². The van der Waals surface area contributed by atoms with Gasteiger partial charge in [0.05, 0.1) is 6.61 Å². The van der Waals surface area contributed by atoms with Gasteiger partial charge in [0.2, 0.25) is 0 Å². The first-order valence-electron chi connectivity index (χ1n) is 8.84. The molecule has 1 aliphatic rings. The Morgan fingerprint density at radius 2 is 1.80 bits per heavy atom. The Hall–Kier alpha value is -3.01. The third-order valence-corrected chi connectivity index (χ3v) is 5.18. The van der Waals surface area contributed by atoms with Gasteiger partial charge in [-0.1, -0.05) is 30.3 Å². The van der Waals surface area contributed by atoms with Crippen LogP contribution in [-0.4, -0.2) is 33.1 Å². The molecule has 6 nitrogen and oxygen atoms in total. The second-order valence-electron chi connectivity index (χ2n) is 6.21. The molecule has 0 atom stereocenters. The van der Waals surface area contributed by atoms with Crippen molar-refractivity contribution in [1.82, 2.24) is 0 Å². The summed E-state index contributed by atoms with van der Waals surface area (Å²) in [6.45, 7) is 1.66. The molecular weight excluding hydrogens is 425 g/mol. The molecule has 0 spiro atoms. The topological polar surface area (TPSA) is 78.9 Å². The fourth-order valence-electron chi connectivity index (χ4n) is 2.92. The van der Waals surface area contributed by atoms with Crippen LogP contribution in [0.3, 0.4) is 0 Å².